The Morgan fingerprint density at radius 3 is 2.79 bits per heavy atom. The fourth-order valence-electron chi connectivity index (χ4n) is 2.77. The van der Waals surface area contributed by atoms with E-state index in [0.717, 1.165) is 25.0 Å². The van der Waals surface area contributed by atoms with Crippen LogP contribution >= 0.6 is 0 Å². The van der Waals surface area contributed by atoms with E-state index in [1.165, 1.54) is 16.7 Å². The van der Waals surface area contributed by atoms with E-state index >= 15 is 0 Å². The lowest BCUT2D eigenvalue weighted by Crippen LogP contribution is -2.32. The van der Waals surface area contributed by atoms with Crippen molar-refractivity contribution in [2.45, 2.75) is 38.6 Å². The summed E-state index contributed by atoms with van der Waals surface area (Å²) in [5.41, 5.74) is -0.936. The van der Waals surface area contributed by atoms with E-state index in [-0.39, 0.29) is 22.6 Å². The number of aromatic nitrogens is 2. The van der Waals surface area contributed by atoms with Crippen LogP contribution in [-0.2, 0) is 25.7 Å². The first-order chi connectivity index (χ1) is 11.4. The predicted octanol–water partition coefficient (Wildman–Crippen LogP) is 2.83. The normalized spacial score (nSPS) is 14.3. The van der Waals surface area contributed by atoms with Crippen molar-refractivity contribution in [3.63, 3.8) is 0 Å². The molecule has 24 heavy (non-hydrogen) atoms. The highest BCUT2D eigenvalue weighted by atomic mass is 19.4. The summed E-state index contributed by atoms with van der Waals surface area (Å²) in [6.07, 6.45) is -2.08. The Kier molecular flexibility index (Phi) is 4.31. The van der Waals surface area contributed by atoms with Crippen LogP contribution in [-0.4, -0.2) is 14.7 Å². The number of aliphatic hydroxyl groups excluding tert-OH is 1. The van der Waals surface area contributed by atoms with Crippen molar-refractivity contribution in [2.24, 2.45) is 0 Å². The number of hydrogen-bond donors (Lipinski definition) is 2. The highest BCUT2D eigenvalue weighted by Gasteiger charge is 2.30. The quantitative estimate of drug-likeness (QED) is 0.902. The molecular formula is C16H16F3N3O2. The van der Waals surface area contributed by atoms with Gasteiger partial charge < -0.3 is 10.4 Å². The number of aliphatic hydroxyl groups is 1. The molecular weight excluding hydrogens is 323 g/mol. The zero-order valence-corrected chi connectivity index (χ0v) is 12.7. The smallest absolute Gasteiger partial charge is 0.391 e. The first-order valence-electron chi connectivity index (χ1n) is 7.58. The van der Waals surface area contributed by atoms with Crippen LogP contribution < -0.4 is 10.9 Å². The Labute approximate surface area is 135 Å². The molecule has 0 unspecified atom stereocenters. The molecule has 1 aliphatic rings. The van der Waals surface area contributed by atoms with Crippen molar-refractivity contribution in [2.75, 3.05) is 5.32 Å². The molecule has 1 aromatic heterocycles. The predicted molar refractivity (Wildman–Crippen MR) is 82.1 cm³/mol. The van der Waals surface area contributed by atoms with Gasteiger partial charge in [-0.2, -0.15) is 13.2 Å². The third kappa shape index (κ3) is 3.14. The summed E-state index contributed by atoms with van der Waals surface area (Å²) in [6, 6.07) is 4.64. The number of hydrogen-bond acceptors (Lipinski definition) is 4. The number of nitrogens with zero attached hydrogens (tertiary/aromatic N) is 2. The number of nitrogens with one attached hydrogen (secondary N) is 1. The Bertz CT molecular complexity index is 815. The van der Waals surface area contributed by atoms with Gasteiger partial charge in [-0.1, -0.05) is 6.07 Å². The van der Waals surface area contributed by atoms with Crippen molar-refractivity contribution in [1.29, 1.82) is 0 Å². The molecule has 2 N–H and O–H groups in total. The standard InChI is InChI=1S/C16H16F3N3O2/c17-16(18,19)10-4-3-5-11(8-10)20-14-12(9-23)15(24)22-7-2-1-6-13(22)21-14/h3-5,8,20,23H,1-2,6-7,9H2. The average Bonchev–Trinajstić information content (AvgIpc) is 2.55. The largest absolute Gasteiger partial charge is 0.416 e. The third-order valence-electron chi connectivity index (χ3n) is 3.98. The van der Waals surface area contributed by atoms with Gasteiger partial charge in [-0.05, 0) is 31.0 Å². The topological polar surface area (TPSA) is 67.2 Å². The van der Waals surface area contributed by atoms with E-state index in [4.69, 9.17) is 0 Å². The lowest BCUT2D eigenvalue weighted by molar-refractivity contribution is -0.137. The van der Waals surface area contributed by atoms with Crippen molar-refractivity contribution < 1.29 is 18.3 Å². The van der Waals surface area contributed by atoms with Gasteiger partial charge in [0.1, 0.15) is 11.6 Å². The summed E-state index contributed by atoms with van der Waals surface area (Å²) in [5.74, 6) is 0.688. The second-order valence-corrected chi connectivity index (χ2v) is 5.63. The number of fused-ring (bicyclic) bond motifs is 1. The highest BCUT2D eigenvalue weighted by Crippen LogP contribution is 2.31. The average molecular weight is 339 g/mol. The molecule has 0 bridgehead atoms. The van der Waals surface area contributed by atoms with Gasteiger partial charge >= 0.3 is 6.18 Å². The van der Waals surface area contributed by atoms with E-state index in [1.54, 1.807) is 0 Å². The first kappa shape index (κ1) is 16.5. The molecule has 1 aliphatic heterocycles. The van der Waals surface area contributed by atoms with E-state index < -0.39 is 18.3 Å². The SMILES string of the molecule is O=c1c(CO)c(Nc2cccc(C(F)(F)F)c2)nc2n1CCCC2. The molecule has 128 valence electrons. The minimum Gasteiger partial charge on any atom is -0.391 e. The lowest BCUT2D eigenvalue weighted by atomic mass is 10.1. The fourth-order valence-corrected chi connectivity index (χ4v) is 2.77. The monoisotopic (exact) mass is 339 g/mol. The van der Waals surface area contributed by atoms with Gasteiger partial charge in [0.15, 0.2) is 0 Å². The van der Waals surface area contributed by atoms with Crippen LogP contribution in [0, 0.1) is 0 Å². The van der Waals surface area contributed by atoms with Gasteiger partial charge in [0.05, 0.1) is 17.7 Å². The maximum Gasteiger partial charge on any atom is 0.416 e. The lowest BCUT2D eigenvalue weighted by Gasteiger charge is -2.20. The minimum absolute atomic E-state index is 0.0538. The van der Waals surface area contributed by atoms with Crippen LogP contribution in [0.3, 0.4) is 0 Å². The zero-order chi connectivity index (χ0) is 17.3. The van der Waals surface area contributed by atoms with Crippen molar-refractivity contribution >= 4 is 11.5 Å². The third-order valence-corrected chi connectivity index (χ3v) is 3.98. The van der Waals surface area contributed by atoms with Crippen LogP contribution in [0.1, 0.15) is 29.8 Å². The second kappa shape index (κ2) is 6.27. The number of alkyl halides is 3. The molecule has 1 aromatic carbocycles. The van der Waals surface area contributed by atoms with Crippen molar-refractivity contribution in [1.82, 2.24) is 9.55 Å². The molecule has 0 saturated heterocycles. The Balaban J connectivity index is 2.01. The molecule has 0 saturated carbocycles. The van der Waals surface area contributed by atoms with Crippen LogP contribution in [0.15, 0.2) is 29.1 Å². The summed E-state index contributed by atoms with van der Waals surface area (Å²) >= 11 is 0. The van der Waals surface area contributed by atoms with Crippen LogP contribution in [0.4, 0.5) is 24.7 Å². The summed E-state index contributed by atoms with van der Waals surface area (Å²) in [7, 11) is 0. The summed E-state index contributed by atoms with van der Waals surface area (Å²) in [4.78, 5) is 16.8. The molecule has 0 spiro atoms. The molecule has 0 aliphatic carbocycles. The fraction of sp³-hybridized carbons (Fsp3) is 0.375. The Morgan fingerprint density at radius 1 is 1.29 bits per heavy atom. The number of benzene rings is 1. The Morgan fingerprint density at radius 2 is 2.08 bits per heavy atom. The molecule has 2 heterocycles. The van der Waals surface area contributed by atoms with Crippen LogP contribution in [0.5, 0.6) is 0 Å². The van der Waals surface area contributed by atoms with Crippen LogP contribution in [0.2, 0.25) is 0 Å². The molecule has 0 radical (unpaired) electrons. The Hall–Kier alpha value is -2.35. The minimum atomic E-state index is -4.46. The number of rotatable bonds is 3. The first-order valence-corrected chi connectivity index (χ1v) is 7.58. The van der Waals surface area contributed by atoms with Gasteiger partial charge in [0.2, 0.25) is 0 Å². The van der Waals surface area contributed by atoms with Crippen molar-refractivity contribution in [3.05, 3.63) is 51.6 Å². The molecule has 8 heteroatoms. The second-order valence-electron chi connectivity index (χ2n) is 5.63. The van der Waals surface area contributed by atoms with Gasteiger partial charge in [0.25, 0.3) is 5.56 Å². The number of anilines is 2. The summed E-state index contributed by atoms with van der Waals surface area (Å²) < 4.78 is 39.9. The number of halogens is 3. The van der Waals surface area contributed by atoms with Crippen LogP contribution in [0.25, 0.3) is 0 Å². The molecule has 3 rings (SSSR count). The zero-order valence-electron chi connectivity index (χ0n) is 12.7. The maximum atomic E-state index is 12.8. The van der Waals surface area contributed by atoms with Crippen molar-refractivity contribution in [3.8, 4) is 0 Å². The van der Waals surface area contributed by atoms with E-state index in [9.17, 15) is 23.1 Å². The molecule has 2 aromatic rings. The molecule has 0 amide bonds. The summed E-state index contributed by atoms with van der Waals surface area (Å²) in [6.45, 7) is 0.00537. The molecule has 0 fully saturated rings. The van der Waals surface area contributed by atoms with Gasteiger partial charge in [-0.3, -0.25) is 9.36 Å². The molecule has 5 nitrogen and oxygen atoms in total. The maximum absolute atomic E-state index is 12.8. The molecule has 0 atom stereocenters. The summed E-state index contributed by atoms with van der Waals surface area (Å²) in [5, 5.41) is 12.2. The van der Waals surface area contributed by atoms with E-state index in [2.05, 4.69) is 10.3 Å². The van der Waals surface area contributed by atoms with E-state index in [1.807, 2.05) is 0 Å². The highest BCUT2D eigenvalue weighted by molar-refractivity contribution is 5.60. The van der Waals surface area contributed by atoms with Gasteiger partial charge in [-0.25, -0.2) is 4.98 Å². The van der Waals surface area contributed by atoms with Gasteiger partial charge in [0, 0.05) is 18.7 Å². The number of aryl methyl sites for hydroxylation is 1. The van der Waals surface area contributed by atoms with E-state index in [0.29, 0.717) is 18.8 Å². The van der Waals surface area contributed by atoms with Gasteiger partial charge in [-0.15, -0.1) is 0 Å².